The van der Waals surface area contributed by atoms with Gasteiger partial charge in [0.15, 0.2) is 0 Å². The summed E-state index contributed by atoms with van der Waals surface area (Å²) >= 11 is 5.81. The Hall–Kier alpha value is -3.31. The van der Waals surface area contributed by atoms with E-state index in [0.717, 1.165) is 0 Å². The van der Waals surface area contributed by atoms with Crippen LogP contribution in [0.5, 0.6) is 5.75 Å². The zero-order chi connectivity index (χ0) is 20.2. The summed E-state index contributed by atoms with van der Waals surface area (Å²) in [5.41, 5.74) is 5.06. The van der Waals surface area contributed by atoms with E-state index < -0.39 is 6.09 Å². The molecule has 1 amide bonds. The fourth-order valence-electron chi connectivity index (χ4n) is 3.53. The Kier molecular flexibility index (Phi) is 5.49. The number of carbonyl (C=O) groups excluding carboxylic acids is 1. The smallest absolute Gasteiger partial charge is 0.407 e. The van der Waals surface area contributed by atoms with E-state index in [-0.39, 0.29) is 30.0 Å². The molecule has 6 heteroatoms. The number of aromatic hydroxyl groups is 1. The summed E-state index contributed by atoms with van der Waals surface area (Å²) < 4.78 is 5.46. The Morgan fingerprint density at radius 1 is 1.07 bits per heavy atom. The van der Waals surface area contributed by atoms with E-state index in [1.54, 1.807) is 12.2 Å². The van der Waals surface area contributed by atoms with Crippen molar-refractivity contribution >= 4 is 23.8 Å². The lowest BCUT2D eigenvalue weighted by Crippen LogP contribution is -2.26. The first-order valence-electron chi connectivity index (χ1n) is 9.24. The monoisotopic (exact) mass is 406 g/mol. The molecular weight excluding hydrogens is 388 g/mol. The maximum Gasteiger partial charge on any atom is 0.407 e. The van der Waals surface area contributed by atoms with Crippen molar-refractivity contribution in [2.45, 2.75) is 5.92 Å². The minimum atomic E-state index is -0.500. The first-order valence-corrected chi connectivity index (χ1v) is 9.62. The first-order chi connectivity index (χ1) is 14.1. The molecule has 146 valence electrons. The molecule has 0 atom stereocenters. The van der Waals surface area contributed by atoms with Crippen LogP contribution >= 0.6 is 11.6 Å². The van der Waals surface area contributed by atoms with Gasteiger partial charge in [-0.2, -0.15) is 0 Å². The number of alkyl carbamates (subject to hydrolysis) is 1. The standard InChI is InChI=1S/C23H19ClN2O3/c24-22-12-11-21(27)20(26-22)10-5-13-25-23(28)29-14-19-17-8-3-1-6-15(17)16-7-2-4-9-18(16)19/h1-12,19,27H,13-14H2,(H,25,28). The molecule has 1 aliphatic rings. The van der Waals surface area contributed by atoms with Crippen molar-refractivity contribution in [1.82, 2.24) is 10.3 Å². The Labute approximate surface area is 173 Å². The maximum atomic E-state index is 12.1. The highest BCUT2D eigenvalue weighted by atomic mass is 35.5. The Bertz CT molecular complexity index is 1040. The van der Waals surface area contributed by atoms with Gasteiger partial charge < -0.3 is 15.2 Å². The summed E-state index contributed by atoms with van der Waals surface area (Å²) in [5.74, 6) is 0.0445. The van der Waals surface area contributed by atoms with Crippen molar-refractivity contribution in [2.24, 2.45) is 0 Å². The molecule has 2 aromatic carbocycles. The van der Waals surface area contributed by atoms with Crippen molar-refractivity contribution in [2.75, 3.05) is 13.2 Å². The van der Waals surface area contributed by atoms with Crippen LogP contribution in [0.2, 0.25) is 5.15 Å². The number of hydrogen-bond donors (Lipinski definition) is 2. The second-order valence-electron chi connectivity index (χ2n) is 6.65. The summed E-state index contributed by atoms with van der Waals surface area (Å²) in [6, 6.07) is 19.4. The van der Waals surface area contributed by atoms with E-state index in [0.29, 0.717) is 5.69 Å². The zero-order valence-corrected chi connectivity index (χ0v) is 16.3. The lowest BCUT2D eigenvalue weighted by molar-refractivity contribution is 0.144. The van der Waals surface area contributed by atoms with Gasteiger partial charge in [0.1, 0.15) is 23.2 Å². The number of amides is 1. The number of ether oxygens (including phenoxy) is 1. The quantitative estimate of drug-likeness (QED) is 0.585. The van der Waals surface area contributed by atoms with Crippen molar-refractivity contribution in [1.29, 1.82) is 0 Å². The molecule has 0 bridgehead atoms. The van der Waals surface area contributed by atoms with Gasteiger partial charge in [-0.1, -0.05) is 66.2 Å². The molecule has 0 fully saturated rings. The van der Waals surface area contributed by atoms with Gasteiger partial charge >= 0.3 is 6.09 Å². The van der Waals surface area contributed by atoms with Crippen LogP contribution in [0.4, 0.5) is 4.79 Å². The molecule has 0 aliphatic heterocycles. The van der Waals surface area contributed by atoms with Gasteiger partial charge in [0.2, 0.25) is 0 Å². The van der Waals surface area contributed by atoms with E-state index >= 15 is 0 Å². The third-order valence-electron chi connectivity index (χ3n) is 4.85. The van der Waals surface area contributed by atoms with Crippen molar-refractivity contribution in [3.05, 3.63) is 88.7 Å². The highest BCUT2D eigenvalue weighted by Crippen LogP contribution is 2.44. The third kappa shape index (κ3) is 4.10. The van der Waals surface area contributed by atoms with Crippen LogP contribution in [0.15, 0.2) is 66.7 Å². The average molecular weight is 407 g/mol. The van der Waals surface area contributed by atoms with E-state index in [2.05, 4.69) is 34.6 Å². The summed E-state index contributed by atoms with van der Waals surface area (Å²) in [7, 11) is 0. The van der Waals surface area contributed by atoms with Crippen LogP contribution in [0, 0.1) is 0 Å². The predicted molar refractivity (Wildman–Crippen MR) is 113 cm³/mol. The van der Waals surface area contributed by atoms with Crippen LogP contribution in [-0.2, 0) is 4.74 Å². The van der Waals surface area contributed by atoms with Crippen molar-refractivity contribution < 1.29 is 14.6 Å². The Morgan fingerprint density at radius 2 is 1.72 bits per heavy atom. The molecule has 1 aliphatic carbocycles. The fourth-order valence-corrected chi connectivity index (χ4v) is 3.68. The van der Waals surface area contributed by atoms with Gasteiger partial charge in [0.25, 0.3) is 0 Å². The minimum Gasteiger partial charge on any atom is -0.506 e. The molecule has 0 unspecified atom stereocenters. The molecule has 5 nitrogen and oxygen atoms in total. The van der Waals surface area contributed by atoms with E-state index in [1.165, 1.54) is 34.4 Å². The molecule has 29 heavy (non-hydrogen) atoms. The predicted octanol–water partition coefficient (Wildman–Crippen LogP) is 4.99. The van der Waals surface area contributed by atoms with Gasteiger partial charge in [0, 0.05) is 12.5 Å². The van der Waals surface area contributed by atoms with Crippen LogP contribution in [0.25, 0.3) is 17.2 Å². The Balaban J connectivity index is 1.34. The SMILES string of the molecule is O=C(NCC=Cc1nc(Cl)ccc1O)OCC1c2ccccc2-c2ccccc21. The molecular formula is C23H19ClN2O3. The lowest BCUT2D eigenvalue weighted by Gasteiger charge is -2.14. The topological polar surface area (TPSA) is 71.5 Å². The van der Waals surface area contributed by atoms with E-state index in [1.807, 2.05) is 24.3 Å². The summed E-state index contributed by atoms with van der Waals surface area (Å²) in [6.45, 7) is 0.504. The van der Waals surface area contributed by atoms with Gasteiger partial charge in [-0.05, 0) is 40.5 Å². The molecule has 0 saturated carbocycles. The number of rotatable bonds is 5. The van der Waals surface area contributed by atoms with Crippen LogP contribution in [0.1, 0.15) is 22.7 Å². The summed E-state index contributed by atoms with van der Waals surface area (Å²) in [4.78, 5) is 16.1. The zero-order valence-electron chi connectivity index (χ0n) is 15.5. The number of nitrogens with zero attached hydrogens (tertiary/aromatic N) is 1. The number of carbonyl (C=O) groups is 1. The molecule has 0 radical (unpaired) electrons. The summed E-state index contributed by atoms with van der Waals surface area (Å²) in [6.07, 6.45) is 2.75. The van der Waals surface area contributed by atoms with Crippen molar-refractivity contribution in [3.63, 3.8) is 0 Å². The highest BCUT2D eigenvalue weighted by Gasteiger charge is 2.28. The largest absolute Gasteiger partial charge is 0.506 e. The fraction of sp³-hybridized carbons (Fsp3) is 0.130. The van der Waals surface area contributed by atoms with Gasteiger partial charge in [-0.15, -0.1) is 0 Å². The van der Waals surface area contributed by atoms with E-state index in [4.69, 9.17) is 16.3 Å². The number of fused-ring (bicyclic) bond motifs is 3. The minimum absolute atomic E-state index is 0.0202. The number of benzene rings is 2. The third-order valence-corrected chi connectivity index (χ3v) is 5.06. The molecule has 2 N–H and O–H groups in total. The number of nitrogens with one attached hydrogen (secondary N) is 1. The molecule has 3 aromatic rings. The van der Waals surface area contributed by atoms with Crippen LogP contribution < -0.4 is 5.32 Å². The van der Waals surface area contributed by atoms with Gasteiger partial charge in [-0.25, -0.2) is 9.78 Å². The number of aromatic nitrogens is 1. The molecule has 4 rings (SSSR count). The normalized spacial score (nSPS) is 12.6. The van der Waals surface area contributed by atoms with Crippen LogP contribution in [-0.4, -0.2) is 29.3 Å². The molecule has 0 spiro atoms. The molecule has 1 heterocycles. The lowest BCUT2D eigenvalue weighted by atomic mass is 9.98. The van der Waals surface area contributed by atoms with Crippen LogP contribution in [0.3, 0.4) is 0 Å². The first kappa shape index (κ1) is 19.0. The Morgan fingerprint density at radius 3 is 2.41 bits per heavy atom. The average Bonchev–Trinajstić information content (AvgIpc) is 3.06. The molecule has 0 saturated heterocycles. The number of pyridine rings is 1. The van der Waals surface area contributed by atoms with Gasteiger partial charge in [0.05, 0.1) is 0 Å². The van der Waals surface area contributed by atoms with E-state index in [9.17, 15) is 9.90 Å². The number of halogens is 1. The van der Waals surface area contributed by atoms with Gasteiger partial charge in [-0.3, -0.25) is 0 Å². The second-order valence-corrected chi connectivity index (χ2v) is 7.03. The number of hydrogen-bond acceptors (Lipinski definition) is 4. The second kappa shape index (κ2) is 8.37. The highest BCUT2D eigenvalue weighted by molar-refractivity contribution is 6.29. The summed E-state index contributed by atoms with van der Waals surface area (Å²) in [5, 5.41) is 12.7. The molecule has 1 aromatic heterocycles. The maximum absolute atomic E-state index is 12.1. The van der Waals surface area contributed by atoms with Crippen molar-refractivity contribution in [3.8, 4) is 16.9 Å².